The third-order valence-electron chi connectivity index (χ3n) is 14.2. The normalized spacial score (nSPS) is 11.5. The molecule has 108 heavy (non-hydrogen) atoms. The van der Waals surface area contributed by atoms with Crippen LogP contribution in [0, 0.1) is 12.8 Å². The van der Waals surface area contributed by atoms with Crippen molar-refractivity contribution >= 4 is 63.0 Å². The fraction of sp³-hybridized carbons (Fsp3) is 0.424. The van der Waals surface area contributed by atoms with Crippen LogP contribution in [0.25, 0.3) is 11.1 Å². The number of nitrogens with one attached hydrogen (secondary N) is 8. The first-order valence-electron chi connectivity index (χ1n) is 37.5. The van der Waals surface area contributed by atoms with E-state index in [1.807, 2.05) is 110 Å². The highest BCUT2D eigenvalue weighted by atomic mass is 32.1. The molecule has 19 nitrogen and oxygen atoms in total. The summed E-state index contributed by atoms with van der Waals surface area (Å²) >= 11 is 1.74. The first-order valence-corrected chi connectivity index (χ1v) is 38.4. The molecular formula is C85H124F3N19S. The second-order valence-electron chi connectivity index (χ2n) is 28.0. The lowest BCUT2D eigenvalue weighted by Crippen LogP contribution is -2.46. The molecule has 23 heteroatoms. The number of hydrogen-bond donors (Lipinski definition) is 8. The van der Waals surface area contributed by atoms with Crippen LogP contribution in [0.15, 0.2) is 213 Å². The minimum atomic E-state index is -4.34. The van der Waals surface area contributed by atoms with Crippen molar-refractivity contribution in [2.45, 2.75) is 199 Å². The maximum Gasteiger partial charge on any atom is 0.418 e. The van der Waals surface area contributed by atoms with Gasteiger partial charge in [0, 0.05) is 177 Å². The second kappa shape index (κ2) is 52.9. The molecule has 11 rings (SSSR count). The van der Waals surface area contributed by atoms with E-state index >= 15 is 0 Å². The van der Waals surface area contributed by atoms with Crippen LogP contribution in [0.4, 0.5) is 64.9 Å². The maximum absolute atomic E-state index is 13.4. The average molecular weight is 1500 g/mol. The van der Waals surface area contributed by atoms with E-state index < -0.39 is 11.7 Å². The van der Waals surface area contributed by atoms with E-state index in [1.54, 1.807) is 79.1 Å². The Bertz CT molecular complexity index is 3530. The van der Waals surface area contributed by atoms with Crippen LogP contribution in [0.2, 0.25) is 0 Å². The summed E-state index contributed by atoms with van der Waals surface area (Å²) in [6, 6.07) is 48.0. The molecule has 0 saturated carbocycles. The van der Waals surface area contributed by atoms with Crippen molar-refractivity contribution in [1.29, 1.82) is 0 Å². The van der Waals surface area contributed by atoms with E-state index in [1.165, 1.54) is 34.2 Å². The highest BCUT2D eigenvalue weighted by Gasteiger charge is 2.36. The predicted molar refractivity (Wildman–Crippen MR) is 454 cm³/mol. The first kappa shape index (κ1) is 92.2. The number of pyridine rings is 4. The van der Waals surface area contributed by atoms with Crippen LogP contribution in [0.1, 0.15) is 148 Å². The lowest BCUT2D eigenvalue weighted by molar-refractivity contribution is -0.137. The van der Waals surface area contributed by atoms with Gasteiger partial charge in [0.25, 0.3) is 0 Å². The summed E-state index contributed by atoms with van der Waals surface area (Å²) in [7, 11) is 0. The number of alkyl halides is 3. The lowest BCUT2D eigenvalue weighted by Gasteiger charge is -2.36. The van der Waals surface area contributed by atoms with Gasteiger partial charge in [-0.05, 0) is 221 Å². The average Bonchev–Trinajstić information content (AvgIpc) is 0.862. The van der Waals surface area contributed by atoms with Crippen LogP contribution >= 0.6 is 11.3 Å². The molecule has 586 valence electrons. The van der Waals surface area contributed by atoms with Crippen LogP contribution in [0.3, 0.4) is 0 Å². The monoisotopic (exact) mass is 1500 g/mol. The Morgan fingerprint density at radius 1 is 0.417 bits per heavy atom. The van der Waals surface area contributed by atoms with E-state index in [0.717, 1.165) is 66.4 Å². The van der Waals surface area contributed by atoms with Crippen LogP contribution < -0.4 is 47.4 Å². The molecule has 0 amide bonds. The van der Waals surface area contributed by atoms with Gasteiger partial charge in [0.2, 0.25) is 5.95 Å². The highest BCUT2D eigenvalue weighted by Crippen LogP contribution is 2.39. The van der Waals surface area contributed by atoms with Crippen molar-refractivity contribution in [2.24, 2.45) is 5.92 Å². The number of aromatic nitrogens is 9. The molecule has 0 atom stereocenters. The number of benzene rings is 3. The molecule has 0 spiro atoms. The number of hydrogen-bond acceptors (Lipinski definition) is 20. The maximum atomic E-state index is 13.4. The Labute approximate surface area is 648 Å². The fourth-order valence-corrected chi connectivity index (χ4v) is 10.6. The molecule has 0 aliphatic carbocycles. The number of aryl methyl sites for hydroxylation is 1. The van der Waals surface area contributed by atoms with Gasteiger partial charge in [-0.3, -0.25) is 15.0 Å². The van der Waals surface area contributed by atoms with Crippen molar-refractivity contribution in [3.05, 3.63) is 229 Å². The Morgan fingerprint density at radius 3 is 1.46 bits per heavy atom. The van der Waals surface area contributed by atoms with Gasteiger partial charge < -0.3 is 52.3 Å². The standard InChI is InChI=1S/C16H24F3N3.C15H17N.C9H14N2.3C8H12N2.2C7H11N3.C7H11NS/c1-4-21-7-9-22(10-8-21)15-6-5-13(20-12(2)3)11-14(15)16(17,18)19;1-12(2)16-15-11-7-6-10-14(15)13-8-4-3-5-9-13;1-7(2)11-9-5-4-6-10-8(9)3;1-7(2)10-8-3-5-9-6-4-8;1-7(2)10-8-4-3-5-9-6-8;1-7(2)10-8-5-3-4-6-9-8;1-6(2)10-7-3-4-8-5-9-7;1-6(2)10-7-8-4-3-5-9-7;1-6(2)5-7-8-3-4-9-7/h5-6,11-12,20H,4,7-10H2,1-3H3;3-12,16H,1-2H3;4-7,11H,1-3H3;3-7H,1-2H3,(H,9,10);3-7,10H,1-2H3;3-7H,1-2H3,(H,9,10);2*3-6H,1-2H3,(H,8,9,10);3-4,6H,5H2,1-2H3. The minimum Gasteiger partial charge on any atom is -0.383 e. The molecule has 7 aromatic heterocycles. The second-order valence-corrected chi connectivity index (χ2v) is 29.0. The van der Waals surface area contributed by atoms with Crippen LogP contribution in [-0.2, 0) is 12.6 Å². The molecule has 0 radical (unpaired) electrons. The third kappa shape index (κ3) is 43.0. The van der Waals surface area contributed by atoms with Crippen LogP contribution in [0.5, 0.6) is 0 Å². The molecular weight excluding hydrogens is 1380 g/mol. The zero-order chi connectivity index (χ0) is 79.7. The van der Waals surface area contributed by atoms with E-state index in [4.69, 9.17) is 0 Å². The summed E-state index contributed by atoms with van der Waals surface area (Å²) in [5.74, 6) is 3.25. The zero-order valence-corrected chi connectivity index (χ0v) is 68.4. The molecule has 1 fully saturated rings. The van der Waals surface area contributed by atoms with Gasteiger partial charge in [0.1, 0.15) is 18.0 Å². The van der Waals surface area contributed by atoms with Crippen LogP contribution in [-0.4, -0.2) is 131 Å². The summed E-state index contributed by atoms with van der Waals surface area (Å²) < 4.78 is 40.2. The smallest absolute Gasteiger partial charge is 0.383 e. The number of nitrogens with zero attached hydrogens (tertiary/aromatic N) is 11. The van der Waals surface area contributed by atoms with E-state index in [0.29, 0.717) is 67.0 Å². The highest BCUT2D eigenvalue weighted by molar-refractivity contribution is 7.09. The van der Waals surface area contributed by atoms with Gasteiger partial charge in [-0.2, -0.15) is 13.2 Å². The van der Waals surface area contributed by atoms with Crippen molar-refractivity contribution < 1.29 is 13.2 Å². The molecule has 1 aliphatic heterocycles. The summed E-state index contributed by atoms with van der Waals surface area (Å²) in [6.45, 7) is 45.5. The summed E-state index contributed by atoms with van der Waals surface area (Å²) in [5, 5.41) is 29.0. The van der Waals surface area contributed by atoms with Crippen molar-refractivity contribution in [3.8, 4) is 11.1 Å². The number of para-hydroxylation sites is 1. The number of anilines is 9. The quantitative estimate of drug-likeness (QED) is 0.0335. The van der Waals surface area contributed by atoms with Gasteiger partial charge >= 0.3 is 6.18 Å². The molecule has 3 aromatic carbocycles. The fourth-order valence-electron chi connectivity index (χ4n) is 9.82. The Balaban J connectivity index is 0.000000321. The SMILES string of the molecule is CC(C)Cc1nccs1.CC(C)Nc1ccccc1-c1ccccc1.CC(C)Nc1ccccn1.CC(C)Nc1cccnc1.CC(C)Nc1ccncc1.CC(C)Nc1ccncn1.CC(C)Nc1ncccn1.CCN1CCN(c2ccc(NC(C)C)cc2C(F)(F)F)CC1.Cc1ncccc1NC(C)C. The Kier molecular flexibility index (Phi) is 45.2. The zero-order valence-electron chi connectivity index (χ0n) is 67.6. The number of likely N-dealkylation sites (N-methyl/N-ethyl adjacent to an activating group) is 1. The number of thiazole rings is 1. The van der Waals surface area contributed by atoms with Crippen molar-refractivity contribution in [2.75, 3.05) is 80.2 Å². The van der Waals surface area contributed by atoms with Gasteiger partial charge in [-0.25, -0.2) is 29.9 Å². The van der Waals surface area contributed by atoms with Gasteiger partial charge in [-0.1, -0.05) is 75.4 Å². The molecule has 8 heterocycles. The molecule has 10 aromatic rings. The van der Waals surface area contributed by atoms with E-state index in [-0.39, 0.29) is 11.7 Å². The van der Waals surface area contributed by atoms with Crippen molar-refractivity contribution in [3.63, 3.8) is 0 Å². The number of halogens is 3. The number of rotatable bonds is 21. The largest absolute Gasteiger partial charge is 0.418 e. The minimum absolute atomic E-state index is 0.0973. The summed E-state index contributed by atoms with van der Waals surface area (Å²) in [6.07, 6.45) is 16.1. The van der Waals surface area contributed by atoms with E-state index in [2.05, 4.69) is 259 Å². The van der Waals surface area contributed by atoms with E-state index in [9.17, 15) is 13.2 Å². The lowest BCUT2D eigenvalue weighted by atomic mass is 10.0. The van der Waals surface area contributed by atoms with Gasteiger partial charge in [0.15, 0.2) is 0 Å². The predicted octanol–water partition coefficient (Wildman–Crippen LogP) is 20.7. The Morgan fingerprint density at radius 2 is 0.944 bits per heavy atom. The molecule has 1 saturated heterocycles. The van der Waals surface area contributed by atoms with Crippen molar-refractivity contribution in [1.82, 2.24) is 49.8 Å². The molecule has 1 aliphatic rings. The van der Waals surface area contributed by atoms with Gasteiger partial charge in [0.05, 0.1) is 27.6 Å². The molecule has 0 unspecified atom stereocenters. The summed E-state index contributed by atoms with van der Waals surface area (Å²) in [4.78, 5) is 40.2. The Hall–Kier alpha value is -10.0. The topological polar surface area (TPSA) is 219 Å². The first-order chi connectivity index (χ1) is 51.5. The number of piperazine rings is 1. The molecule has 8 N–H and O–H groups in total. The molecule has 0 bridgehead atoms. The summed E-state index contributed by atoms with van der Waals surface area (Å²) in [5.41, 5.74) is 8.36. The van der Waals surface area contributed by atoms with Gasteiger partial charge in [-0.15, -0.1) is 11.3 Å². The third-order valence-corrected chi connectivity index (χ3v) is 15.0.